The second-order valence-electron chi connectivity index (χ2n) is 6.12. The van der Waals surface area contributed by atoms with Gasteiger partial charge >= 0.3 is 5.97 Å². The molecular weight excluding hydrogens is 306 g/mol. The van der Waals surface area contributed by atoms with E-state index in [1.54, 1.807) is 6.20 Å². The summed E-state index contributed by atoms with van der Waals surface area (Å²) in [4.78, 5) is 25.7. The average molecular weight is 327 g/mol. The number of aryl methyl sites for hydroxylation is 1. The van der Waals surface area contributed by atoms with Crippen LogP contribution in [0.15, 0.2) is 24.7 Å². The van der Waals surface area contributed by atoms with Crippen molar-refractivity contribution in [2.24, 2.45) is 0 Å². The Morgan fingerprint density at radius 2 is 2.08 bits per heavy atom. The maximum Gasteiger partial charge on any atom is 0.356 e. The lowest BCUT2D eigenvalue weighted by molar-refractivity contribution is 0.0690. The van der Waals surface area contributed by atoms with Crippen molar-refractivity contribution < 1.29 is 9.90 Å². The zero-order chi connectivity index (χ0) is 17.1. The number of hydrogen-bond acceptors (Lipinski definition) is 6. The number of carboxylic acid groups (broad SMARTS) is 1. The molecule has 3 rings (SSSR count). The molecule has 1 aliphatic rings. The lowest BCUT2D eigenvalue weighted by atomic mass is 10.0. The van der Waals surface area contributed by atoms with Gasteiger partial charge in [-0.25, -0.2) is 19.7 Å². The molecule has 7 heteroatoms. The zero-order valence-corrected chi connectivity index (χ0v) is 13.9. The Morgan fingerprint density at radius 1 is 1.25 bits per heavy atom. The van der Waals surface area contributed by atoms with Gasteiger partial charge in [-0.05, 0) is 44.7 Å². The molecule has 2 aromatic heterocycles. The van der Waals surface area contributed by atoms with Gasteiger partial charge in [0.2, 0.25) is 0 Å². The molecule has 1 aliphatic heterocycles. The Bertz CT molecular complexity index is 732. The van der Waals surface area contributed by atoms with Crippen LogP contribution >= 0.6 is 0 Å². The molecule has 0 saturated carbocycles. The molecule has 126 valence electrons. The van der Waals surface area contributed by atoms with E-state index in [0.29, 0.717) is 11.9 Å². The highest BCUT2D eigenvalue weighted by Crippen LogP contribution is 2.27. The fourth-order valence-corrected chi connectivity index (χ4v) is 3.00. The van der Waals surface area contributed by atoms with Crippen molar-refractivity contribution in [1.82, 2.24) is 15.0 Å². The van der Waals surface area contributed by atoms with E-state index in [1.165, 1.54) is 31.7 Å². The quantitative estimate of drug-likeness (QED) is 0.892. The monoisotopic (exact) mass is 327 g/mol. The number of nitrogens with zero attached hydrogens (tertiary/aromatic N) is 4. The van der Waals surface area contributed by atoms with Crippen LogP contribution in [0.25, 0.3) is 0 Å². The SMILES string of the molecule is Cc1cc(Nc2cnc(C(=O)O)cn2)cnc1N1CCCCC1C. The Balaban J connectivity index is 1.75. The topological polar surface area (TPSA) is 91.2 Å². The van der Waals surface area contributed by atoms with Gasteiger partial charge in [0.15, 0.2) is 5.69 Å². The summed E-state index contributed by atoms with van der Waals surface area (Å²) in [6.45, 7) is 5.34. The van der Waals surface area contributed by atoms with Crippen molar-refractivity contribution >= 4 is 23.3 Å². The second-order valence-corrected chi connectivity index (χ2v) is 6.12. The molecule has 0 aliphatic carbocycles. The summed E-state index contributed by atoms with van der Waals surface area (Å²) in [7, 11) is 0. The van der Waals surface area contributed by atoms with E-state index in [1.807, 2.05) is 13.0 Å². The predicted octanol–water partition coefficient (Wildman–Crippen LogP) is 3.00. The van der Waals surface area contributed by atoms with Crippen molar-refractivity contribution in [3.8, 4) is 0 Å². The smallest absolute Gasteiger partial charge is 0.356 e. The summed E-state index contributed by atoms with van der Waals surface area (Å²) in [6, 6.07) is 2.54. The lowest BCUT2D eigenvalue weighted by Gasteiger charge is -2.35. The van der Waals surface area contributed by atoms with Gasteiger partial charge in [-0.3, -0.25) is 0 Å². The van der Waals surface area contributed by atoms with Crippen LogP contribution in [-0.2, 0) is 0 Å². The van der Waals surface area contributed by atoms with E-state index < -0.39 is 5.97 Å². The van der Waals surface area contributed by atoms with E-state index in [9.17, 15) is 4.79 Å². The fraction of sp³-hybridized carbons (Fsp3) is 0.412. The number of carbonyl (C=O) groups is 1. The Hall–Kier alpha value is -2.70. The third kappa shape index (κ3) is 3.45. The van der Waals surface area contributed by atoms with E-state index in [4.69, 9.17) is 5.11 Å². The first-order valence-corrected chi connectivity index (χ1v) is 8.10. The molecule has 24 heavy (non-hydrogen) atoms. The van der Waals surface area contributed by atoms with Gasteiger partial charge in [0.25, 0.3) is 0 Å². The summed E-state index contributed by atoms with van der Waals surface area (Å²) < 4.78 is 0. The molecule has 1 atom stereocenters. The van der Waals surface area contributed by atoms with Gasteiger partial charge < -0.3 is 15.3 Å². The maximum atomic E-state index is 10.8. The first kappa shape index (κ1) is 16.2. The number of piperidine rings is 1. The summed E-state index contributed by atoms with van der Waals surface area (Å²) in [5.41, 5.74) is 1.83. The van der Waals surface area contributed by atoms with Crippen molar-refractivity contribution in [1.29, 1.82) is 0 Å². The number of rotatable bonds is 4. The normalized spacial score (nSPS) is 17.6. The molecule has 0 radical (unpaired) electrons. The highest BCUT2D eigenvalue weighted by molar-refractivity contribution is 5.85. The molecule has 0 bridgehead atoms. The summed E-state index contributed by atoms with van der Waals surface area (Å²) >= 11 is 0. The van der Waals surface area contributed by atoms with Gasteiger partial charge in [0.1, 0.15) is 11.6 Å². The van der Waals surface area contributed by atoms with E-state index in [2.05, 4.69) is 32.1 Å². The largest absolute Gasteiger partial charge is 0.476 e. The number of aromatic nitrogens is 3. The standard InChI is InChI=1S/C17H21N5O2/c1-11-7-13(21-15-10-18-14(9-19-15)17(23)24)8-20-16(11)22-6-4-3-5-12(22)2/h7-10,12H,3-6H2,1-2H3,(H,19,21)(H,23,24). The Kier molecular flexibility index (Phi) is 4.59. The van der Waals surface area contributed by atoms with Crippen LogP contribution in [0.3, 0.4) is 0 Å². The van der Waals surface area contributed by atoms with Crippen LogP contribution in [0.2, 0.25) is 0 Å². The number of nitrogens with one attached hydrogen (secondary N) is 1. The van der Waals surface area contributed by atoms with Gasteiger partial charge in [0.05, 0.1) is 24.3 Å². The van der Waals surface area contributed by atoms with Crippen molar-refractivity contribution in [2.75, 3.05) is 16.8 Å². The zero-order valence-electron chi connectivity index (χ0n) is 13.9. The third-order valence-corrected chi connectivity index (χ3v) is 4.27. The molecule has 7 nitrogen and oxygen atoms in total. The summed E-state index contributed by atoms with van der Waals surface area (Å²) in [5, 5.41) is 11.9. The molecule has 1 fully saturated rings. The average Bonchev–Trinajstić information content (AvgIpc) is 2.56. The summed E-state index contributed by atoms with van der Waals surface area (Å²) in [5.74, 6) is 0.423. The fourth-order valence-electron chi connectivity index (χ4n) is 3.00. The molecule has 0 aromatic carbocycles. The molecule has 1 unspecified atom stereocenters. The second kappa shape index (κ2) is 6.82. The van der Waals surface area contributed by atoms with Gasteiger partial charge in [-0.2, -0.15) is 0 Å². The van der Waals surface area contributed by atoms with Gasteiger partial charge in [0, 0.05) is 12.6 Å². The van der Waals surface area contributed by atoms with Crippen LogP contribution in [0.4, 0.5) is 17.3 Å². The molecule has 0 spiro atoms. The van der Waals surface area contributed by atoms with E-state index in [-0.39, 0.29) is 5.69 Å². The van der Waals surface area contributed by atoms with Crippen LogP contribution < -0.4 is 10.2 Å². The van der Waals surface area contributed by atoms with Crippen LogP contribution in [0.5, 0.6) is 0 Å². The van der Waals surface area contributed by atoms with E-state index in [0.717, 1.165) is 23.6 Å². The van der Waals surface area contributed by atoms with Gasteiger partial charge in [-0.1, -0.05) is 0 Å². The molecule has 0 amide bonds. The maximum absolute atomic E-state index is 10.8. The highest BCUT2D eigenvalue weighted by Gasteiger charge is 2.21. The number of aromatic carboxylic acids is 1. The minimum atomic E-state index is -1.09. The predicted molar refractivity (Wildman–Crippen MR) is 91.9 cm³/mol. The Labute approximate surface area is 140 Å². The number of pyridine rings is 1. The highest BCUT2D eigenvalue weighted by atomic mass is 16.4. The third-order valence-electron chi connectivity index (χ3n) is 4.27. The molecule has 2 aromatic rings. The van der Waals surface area contributed by atoms with Gasteiger partial charge in [-0.15, -0.1) is 0 Å². The van der Waals surface area contributed by atoms with Crippen LogP contribution in [-0.4, -0.2) is 38.6 Å². The number of anilines is 3. The molecule has 1 saturated heterocycles. The summed E-state index contributed by atoms with van der Waals surface area (Å²) in [6.07, 6.45) is 8.09. The molecule has 2 N–H and O–H groups in total. The van der Waals surface area contributed by atoms with E-state index >= 15 is 0 Å². The number of carboxylic acids is 1. The Morgan fingerprint density at radius 3 is 2.71 bits per heavy atom. The van der Waals surface area contributed by atoms with Crippen molar-refractivity contribution in [2.45, 2.75) is 39.2 Å². The minimum absolute atomic E-state index is 0.0794. The first-order valence-electron chi connectivity index (χ1n) is 8.10. The molecular formula is C17H21N5O2. The van der Waals surface area contributed by atoms with Crippen LogP contribution in [0, 0.1) is 6.92 Å². The minimum Gasteiger partial charge on any atom is -0.476 e. The lowest BCUT2D eigenvalue weighted by Crippen LogP contribution is -2.38. The number of hydrogen-bond donors (Lipinski definition) is 2. The van der Waals surface area contributed by atoms with Crippen molar-refractivity contribution in [3.05, 3.63) is 35.9 Å². The van der Waals surface area contributed by atoms with Crippen molar-refractivity contribution in [3.63, 3.8) is 0 Å². The first-order chi connectivity index (χ1) is 11.5. The van der Waals surface area contributed by atoms with Crippen LogP contribution in [0.1, 0.15) is 42.2 Å². The molecule has 3 heterocycles.